The first-order valence-electron chi connectivity index (χ1n) is 6.85. The second kappa shape index (κ2) is 8.26. The lowest BCUT2D eigenvalue weighted by atomic mass is 10.1. The first-order chi connectivity index (χ1) is 9.99. The molecule has 3 N–H and O–H groups in total. The molecule has 0 heterocycles. The number of hydrogen-bond donors (Lipinski definition) is 2. The van der Waals surface area contributed by atoms with Crippen LogP contribution in [0.2, 0.25) is 0 Å². The Morgan fingerprint density at radius 3 is 2.38 bits per heavy atom. The van der Waals surface area contributed by atoms with E-state index in [9.17, 15) is 4.79 Å². The number of benzene rings is 1. The number of hydrogen-bond acceptors (Lipinski definition) is 4. The van der Waals surface area contributed by atoms with Crippen molar-refractivity contribution in [1.29, 1.82) is 0 Å². The zero-order chi connectivity index (χ0) is 15.8. The van der Waals surface area contributed by atoms with Crippen molar-refractivity contribution >= 4 is 11.7 Å². The average molecular weight is 293 g/mol. The van der Waals surface area contributed by atoms with E-state index in [1.54, 1.807) is 36.3 Å². The van der Waals surface area contributed by atoms with Crippen LogP contribution in [0.3, 0.4) is 0 Å². The number of nitrogens with two attached hydrogens (primary N) is 1. The fourth-order valence-corrected chi connectivity index (χ4v) is 1.94. The van der Waals surface area contributed by atoms with Gasteiger partial charge in [-0.05, 0) is 18.1 Å². The van der Waals surface area contributed by atoms with E-state index in [0.29, 0.717) is 36.7 Å². The van der Waals surface area contributed by atoms with Crippen LogP contribution in [-0.4, -0.2) is 48.7 Å². The summed E-state index contributed by atoms with van der Waals surface area (Å²) in [5, 5.41) is 11.6. The van der Waals surface area contributed by atoms with Gasteiger partial charge in [-0.1, -0.05) is 31.1 Å². The fourth-order valence-electron chi connectivity index (χ4n) is 1.94. The minimum absolute atomic E-state index is 0.0208. The van der Waals surface area contributed by atoms with E-state index in [-0.39, 0.29) is 11.7 Å². The highest BCUT2D eigenvalue weighted by Crippen LogP contribution is 2.10. The van der Waals surface area contributed by atoms with Crippen molar-refractivity contribution in [3.05, 3.63) is 35.4 Å². The Morgan fingerprint density at radius 1 is 1.33 bits per heavy atom. The van der Waals surface area contributed by atoms with Crippen molar-refractivity contribution in [3.63, 3.8) is 0 Å². The maximum Gasteiger partial charge on any atom is 0.253 e. The predicted molar refractivity (Wildman–Crippen MR) is 81.6 cm³/mol. The van der Waals surface area contributed by atoms with Crippen LogP contribution >= 0.6 is 0 Å². The standard InChI is InChI=1S/C15H23N3O3/c1-11(2)10-18(8-9-21-3)15(19)13-6-4-12(5-7-13)14(16)17-20/h4-7,11,20H,8-10H2,1-3H3,(H2,16,17). The molecule has 1 aromatic rings. The van der Waals surface area contributed by atoms with Crippen molar-refractivity contribution in [2.24, 2.45) is 16.8 Å². The highest BCUT2D eigenvalue weighted by atomic mass is 16.5. The van der Waals surface area contributed by atoms with Gasteiger partial charge < -0.3 is 20.6 Å². The molecule has 0 saturated heterocycles. The largest absolute Gasteiger partial charge is 0.409 e. The van der Waals surface area contributed by atoms with Crippen molar-refractivity contribution < 1.29 is 14.7 Å². The minimum atomic E-state index is -0.0493. The minimum Gasteiger partial charge on any atom is -0.409 e. The van der Waals surface area contributed by atoms with E-state index in [1.165, 1.54) is 0 Å². The van der Waals surface area contributed by atoms with Crippen LogP contribution in [0.5, 0.6) is 0 Å². The third-order valence-corrected chi connectivity index (χ3v) is 2.97. The molecule has 0 aliphatic carbocycles. The smallest absolute Gasteiger partial charge is 0.253 e. The number of ether oxygens (including phenoxy) is 1. The Labute approximate surface area is 125 Å². The van der Waals surface area contributed by atoms with E-state index in [2.05, 4.69) is 19.0 Å². The zero-order valence-electron chi connectivity index (χ0n) is 12.7. The molecule has 0 aliphatic rings. The third-order valence-electron chi connectivity index (χ3n) is 2.97. The lowest BCUT2D eigenvalue weighted by Gasteiger charge is -2.24. The van der Waals surface area contributed by atoms with E-state index in [4.69, 9.17) is 15.7 Å². The lowest BCUT2D eigenvalue weighted by Crippen LogP contribution is -2.36. The van der Waals surface area contributed by atoms with Crippen LogP contribution in [0.1, 0.15) is 29.8 Å². The second-order valence-electron chi connectivity index (χ2n) is 5.20. The number of oxime groups is 1. The Hall–Kier alpha value is -2.08. The van der Waals surface area contributed by atoms with Crippen LogP contribution in [0.15, 0.2) is 29.4 Å². The quantitative estimate of drug-likeness (QED) is 0.345. The monoisotopic (exact) mass is 293 g/mol. The molecular weight excluding hydrogens is 270 g/mol. The molecule has 0 saturated carbocycles. The molecule has 0 spiro atoms. The molecule has 0 aromatic heterocycles. The summed E-state index contributed by atoms with van der Waals surface area (Å²) in [6, 6.07) is 6.67. The lowest BCUT2D eigenvalue weighted by molar-refractivity contribution is 0.0672. The molecule has 1 rings (SSSR count). The zero-order valence-corrected chi connectivity index (χ0v) is 12.7. The molecule has 116 valence electrons. The Morgan fingerprint density at radius 2 is 1.90 bits per heavy atom. The van der Waals surface area contributed by atoms with E-state index < -0.39 is 0 Å². The molecule has 0 fully saturated rings. The summed E-state index contributed by atoms with van der Waals surface area (Å²) in [6.45, 7) is 5.85. The van der Waals surface area contributed by atoms with Crippen LogP contribution in [0.25, 0.3) is 0 Å². The Kier molecular flexibility index (Phi) is 6.68. The molecule has 1 aromatic carbocycles. The van der Waals surface area contributed by atoms with Crippen LogP contribution in [0.4, 0.5) is 0 Å². The maximum atomic E-state index is 12.5. The maximum absolute atomic E-state index is 12.5. The van der Waals surface area contributed by atoms with Crippen molar-refractivity contribution in [1.82, 2.24) is 4.90 Å². The third kappa shape index (κ3) is 5.07. The van der Waals surface area contributed by atoms with Crippen LogP contribution < -0.4 is 5.73 Å². The summed E-state index contributed by atoms with van der Waals surface area (Å²) < 4.78 is 5.05. The van der Waals surface area contributed by atoms with Gasteiger partial charge in [-0.15, -0.1) is 0 Å². The van der Waals surface area contributed by atoms with Crippen molar-refractivity contribution in [3.8, 4) is 0 Å². The van der Waals surface area contributed by atoms with Gasteiger partial charge in [-0.3, -0.25) is 4.79 Å². The molecule has 6 heteroatoms. The summed E-state index contributed by atoms with van der Waals surface area (Å²) in [4.78, 5) is 14.3. The number of nitrogens with zero attached hydrogens (tertiary/aromatic N) is 2. The molecular formula is C15H23N3O3. The van der Waals surface area contributed by atoms with Gasteiger partial charge in [0.2, 0.25) is 0 Å². The number of amidine groups is 1. The number of carbonyl (C=O) groups is 1. The molecule has 21 heavy (non-hydrogen) atoms. The number of rotatable bonds is 7. The van der Waals surface area contributed by atoms with Gasteiger partial charge in [0.05, 0.1) is 6.61 Å². The van der Waals surface area contributed by atoms with Gasteiger partial charge in [0, 0.05) is 31.3 Å². The fraction of sp³-hybridized carbons (Fsp3) is 0.467. The molecule has 0 atom stereocenters. The highest BCUT2D eigenvalue weighted by molar-refractivity contribution is 5.99. The molecule has 6 nitrogen and oxygen atoms in total. The Bertz CT molecular complexity index is 483. The highest BCUT2D eigenvalue weighted by Gasteiger charge is 2.16. The molecule has 1 amide bonds. The molecule has 0 bridgehead atoms. The van der Waals surface area contributed by atoms with E-state index in [1.807, 2.05) is 0 Å². The molecule has 0 unspecified atom stereocenters. The first kappa shape index (κ1) is 17.0. The van der Waals surface area contributed by atoms with Crippen molar-refractivity contribution in [2.45, 2.75) is 13.8 Å². The Balaban J connectivity index is 2.87. The predicted octanol–water partition coefficient (Wildman–Crippen LogP) is 1.53. The van der Waals surface area contributed by atoms with Gasteiger partial charge in [0.25, 0.3) is 5.91 Å². The summed E-state index contributed by atoms with van der Waals surface area (Å²) in [6.07, 6.45) is 0. The van der Waals surface area contributed by atoms with Gasteiger partial charge in [0.15, 0.2) is 5.84 Å². The van der Waals surface area contributed by atoms with Gasteiger partial charge >= 0.3 is 0 Å². The SMILES string of the molecule is COCCN(CC(C)C)C(=O)c1ccc(C(N)=NO)cc1. The van der Waals surface area contributed by atoms with E-state index in [0.717, 1.165) is 0 Å². The number of methoxy groups -OCH3 is 1. The normalized spacial score (nSPS) is 11.7. The molecule has 0 aliphatic heterocycles. The summed E-state index contributed by atoms with van der Waals surface area (Å²) >= 11 is 0. The van der Waals surface area contributed by atoms with Gasteiger partial charge in [-0.25, -0.2) is 0 Å². The van der Waals surface area contributed by atoms with Crippen LogP contribution in [0, 0.1) is 5.92 Å². The second-order valence-corrected chi connectivity index (χ2v) is 5.20. The van der Waals surface area contributed by atoms with Crippen LogP contribution in [-0.2, 0) is 4.74 Å². The van der Waals surface area contributed by atoms with Gasteiger partial charge in [0.1, 0.15) is 0 Å². The summed E-state index contributed by atoms with van der Waals surface area (Å²) in [5.41, 5.74) is 6.64. The summed E-state index contributed by atoms with van der Waals surface area (Å²) in [7, 11) is 1.61. The average Bonchev–Trinajstić information content (AvgIpc) is 2.49. The first-order valence-corrected chi connectivity index (χ1v) is 6.85. The van der Waals surface area contributed by atoms with Crippen molar-refractivity contribution in [2.75, 3.05) is 26.8 Å². The van der Waals surface area contributed by atoms with E-state index >= 15 is 0 Å². The number of amides is 1. The topological polar surface area (TPSA) is 88.2 Å². The van der Waals surface area contributed by atoms with Gasteiger partial charge in [-0.2, -0.15) is 0 Å². The number of carbonyl (C=O) groups excluding carboxylic acids is 1. The molecule has 0 radical (unpaired) electrons. The summed E-state index contributed by atoms with van der Waals surface area (Å²) in [5.74, 6) is 0.349.